The van der Waals surface area contributed by atoms with E-state index in [1.54, 1.807) is 22.9 Å². The van der Waals surface area contributed by atoms with Crippen LogP contribution in [0.3, 0.4) is 0 Å². The molecule has 2 aromatic rings. The normalized spacial score (nSPS) is 17.0. The number of benzene rings is 1. The number of carbonyl (C=O) groups excluding carboxylic acids is 2. The molecule has 1 aliphatic rings. The van der Waals surface area contributed by atoms with Crippen LogP contribution in [0, 0.1) is 0 Å². The molecule has 0 radical (unpaired) electrons. The van der Waals surface area contributed by atoms with Gasteiger partial charge in [-0.2, -0.15) is 5.10 Å². The molecule has 24 heavy (non-hydrogen) atoms. The lowest BCUT2D eigenvalue weighted by Gasteiger charge is -2.22. The summed E-state index contributed by atoms with van der Waals surface area (Å²) in [6.07, 6.45) is 2.14. The van der Waals surface area contributed by atoms with Gasteiger partial charge in [0.25, 0.3) is 0 Å². The summed E-state index contributed by atoms with van der Waals surface area (Å²) in [6.45, 7) is 2.28. The molecule has 0 spiro atoms. The van der Waals surface area contributed by atoms with Gasteiger partial charge in [0, 0.05) is 24.9 Å². The number of nitrogens with one attached hydrogen (secondary N) is 2. The van der Waals surface area contributed by atoms with Gasteiger partial charge in [-0.3, -0.25) is 14.7 Å². The van der Waals surface area contributed by atoms with Gasteiger partial charge < -0.3 is 10.2 Å². The number of carbonyl (C=O) groups is 2. The first kappa shape index (κ1) is 16.6. The second kappa shape index (κ2) is 7.53. The first-order valence-corrected chi connectivity index (χ1v) is 9.08. The zero-order valence-corrected chi connectivity index (χ0v) is 14.3. The second-order valence-electron chi connectivity index (χ2n) is 5.62. The van der Waals surface area contributed by atoms with Crippen molar-refractivity contribution in [2.75, 3.05) is 11.6 Å². The highest BCUT2D eigenvalue weighted by Crippen LogP contribution is 2.22. The fourth-order valence-electron chi connectivity index (χ4n) is 2.63. The lowest BCUT2D eigenvalue weighted by molar-refractivity contribution is -0.137. The molecule has 1 aromatic heterocycles. The third kappa shape index (κ3) is 3.62. The van der Waals surface area contributed by atoms with Crippen LogP contribution in [0.1, 0.15) is 18.9 Å². The molecule has 3 rings (SSSR count). The van der Waals surface area contributed by atoms with Gasteiger partial charge in [0.15, 0.2) is 0 Å². The second-order valence-corrected chi connectivity index (χ2v) is 6.62. The Morgan fingerprint density at radius 1 is 1.33 bits per heavy atom. The van der Waals surface area contributed by atoms with E-state index in [4.69, 9.17) is 0 Å². The maximum atomic E-state index is 12.4. The minimum absolute atomic E-state index is 0.0315. The van der Waals surface area contributed by atoms with E-state index in [-0.39, 0.29) is 17.9 Å². The highest BCUT2D eigenvalue weighted by molar-refractivity contribution is 7.99. The van der Waals surface area contributed by atoms with Gasteiger partial charge in [-0.1, -0.05) is 31.2 Å². The molecule has 126 valence electrons. The number of H-pyrrole nitrogens is 1. The van der Waals surface area contributed by atoms with Crippen LogP contribution in [0.2, 0.25) is 0 Å². The summed E-state index contributed by atoms with van der Waals surface area (Å²) in [5, 5.41) is 9.80. The zero-order chi connectivity index (χ0) is 16.9. The maximum absolute atomic E-state index is 12.4. The number of rotatable bonds is 5. The van der Waals surface area contributed by atoms with Crippen molar-refractivity contribution >= 4 is 23.6 Å². The van der Waals surface area contributed by atoms with Crippen LogP contribution < -0.4 is 5.32 Å². The number of amides is 2. The average Bonchev–Trinajstić information content (AvgIpc) is 3.30. The summed E-state index contributed by atoms with van der Waals surface area (Å²) in [4.78, 5) is 25.9. The van der Waals surface area contributed by atoms with Gasteiger partial charge in [0.2, 0.25) is 11.8 Å². The predicted molar refractivity (Wildman–Crippen MR) is 94.1 cm³/mol. The molecule has 1 fully saturated rings. The highest BCUT2D eigenvalue weighted by Gasteiger charge is 2.33. The standard InChI is InChI=1S/C17H20N4O2S/c1-2-16(22)21-11-24-10-15(21)17(23)18-9-12-3-5-13(6-4-12)14-7-8-19-20-14/h3-8,15H,2,9-11H2,1H3,(H,18,23)(H,19,20)/t15-/m1/s1. The van der Waals surface area contributed by atoms with Crippen LogP contribution in [0.4, 0.5) is 0 Å². The Bertz CT molecular complexity index is 700. The Morgan fingerprint density at radius 3 is 2.79 bits per heavy atom. The summed E-state index contributed by atoms with van der Waals surface area (Å²) >= 11 is 1.62. The Kier molecular flexibility index (Phi) is 5.20. The Balaban J connectivity index is 1.57. The van der Waals surface area contributed by atoms with Gasteiger partial charge in [-0.05, 0) is 17.2 Å². The highest BCUT2D eigenvalue weighted by atomic mass is 32.2. The van der Waals surface area contributed by atoms with E-state index in [1.165, 1.54) is 0 Å². The number of thioether (sulfide) groups is 1. The molecule has 6 nitrogen and oxygen atoms in total. The van der Waals surface area contributed by atoms with E-state index in [1.807, 2.05) is 37.3 Å². The molecule has 1 atom stereocenters. The fraction of sp³-hybridized carbons (Fsp3) is 0.353. The summed E-state index contributed by atoms with van der Waals surface area (Å²) in [6, 6.07) is 9.50. The first-order chi connectivity index (χ1) is 11.7. The van der Waals surface area contributed by atoms with E-state index < -0.39 is 0 Å². The maximum Gasteiger partial charge on any atom is 0.243 e. The van der Waals surface area contributed by atoms with Gasteiger partial charge in [0.1, 0.15) is 6.04 Å². The monoisotopic (exact) mass is 344 g/mol. The molecule has 1 aromatic carbocycles. The van der Waals surface area contributed by atoms with Crippen molar-refractivity contribution in [2.45, 2.75) is 25.9 Å². The van der Waals surface area contributed by atoms with Gasteiger partial charge >= 0.3 is 0 Å². The minimum atomic E-state index is -0.355. The SMILES string of the molecule is CCC(=O)N1CSC[C@@H]1C(=O)NCc1ccc(-c2ccn[nH]2)cc1. The zero-order valence-electron chi connectivity index (χ0n) is 13.5. The molecule has 0 unspecified atom stereocenters. The number of aromatic nitrogens is 2. The molecule has 2 amide bonds. The van der Waals surface area contributed by atoms with Crippen molar-refractivity contribution in [1.82, 2.24) is 20.4 Å². The molecule has 0 saturated carbocycles. The molecule has 7 heteroatoms. The number of aromatic amines is 1. The number of hydrogen-bond donors (Lipinski definition) is 2. The van der Waals surface area contributed by atoms with Crippen LogP contribution in [-0.4, -0.2) is 44.6 Å². The van der Waals surface area contributed by atoms with Crippen LogP contribution in [0.5, 0.6) is 0 Å². The van der Waals surface area contributed by atoms with Crippen molar-refractivity contribution in [3.05, 3.63) is 42.1 Å². The van der Waals surface area contributed by atoms with Crippen LogP contribution in [-0.2, 0) is 16.1 Å². The summed E-state index contributed by atoms with van der Waals surface area (Å²) in [5.74, 6) is 1.21. The van der Waals surface area contributed by atoms with Crippen molar-refractivity contribution in [1.29, 1.82) is 0 Å². The van der Waals surface area contributed by atoms with E-state index in [2.05, 4.69) is 15.5 Å². The van der Waals surface area contributed by atoms with Crippen LogP contribution >= 0.6 is 11.8 Å². The topological polar surface area (TPSA) is 78.1 Å². The Labute approximate surface area is 145 Å². The number of nitrogens with zero attached hydrogens (tertiary/aromatic N) is 2. The molecule has 1 aliphatic heterocycles. The van der Waals surface area contributed by atoms with Crippen molar-refractivity contribution in [2.24, 2.45) is 0 Å². The van der Waals surface area contributed by atoms with Crippen molar-refractivity contribution < 1.29 is 9.59 Å². The van der Waals surface area contributed by atoms with Gasteiger partial charge in [-0.15, -0.1) is 11.8 Å². The predicted octanol–water partition coefficient (Wildman–Crippen LogP) is 2.00. The molecular formula is C17H20N4O2S. The van der Waals surface area contributed by atoms with Crippen molar-refractivity contribution in [3.63, 3.8) is 0 Å². The summed E-state index contributed by atoms with van der Waals surface area (Å²) in [7, 11) is 0. The van der Waals surface area contributed by atoms with Crippen LogP contribution in [0.15, 0.2) is 36.5 Å². The average molecular weight is 344 g/mol. The molecule has 0 aliphatic carbocycles. The first-order valence-electron chi connectivity index (χ1n) is 7.92. The molecule has 0 bridgehead atoms. The third-order valence-corrected chi connectivity index (χ3v) is 5.05. The third-order valence-electron chi connectivity index (χ3n) is 4.04. The van der Waals surface area contributed by atoms with E-state index >= 15 is 0 Å². The van der Waals surface area contributed by atoms with Crippen LogP contribution in [0.25, 0.3) is 11.3 Å². The molecule has 2 N–H and O–H groups in total. The summed E-state index contributed by atoms with van der Waals surface area (Å²) in [5.41, 5.74) is 3.03. The Morgan fingerprint density at radius 2 is 2.12 bits per heavy atom. The van der Waals surface area contributed by atoms with E-state index in [0.29, 0.717) is 24.6 Å². The lowest BCUT2D eigenvalue weighted by Crippen LogP contribution is -2.46. The van der Waals surface area contributed by atoms with E-state index in [0.717, 1.165) is 16.8 Å². The lowest BCUT2D eigenvalue weighted by atomic mass is 10.1. The van der Waals surface area contributed by atoms with Crippen molar-refractivity contribution in [3.8, 4) is 11.3 Å². The van der Waals surface area contributed by atoms with Gasteiger partial charge in [0.05, 0.1) is 11.6 Å². The summed E-state index contributed by atoms with van der Waals surface area (Å²) < 4.78 is 0. The minimum Gasteiger partial charge on any atom is -0.350 e. The molecule has 1 saturated heterocycles. The molecule has 2 heterocycles. The fourth-order valence-corrected chi connectivity index (χ4v) is 3.82. The molecular weight excluding hydrogens is 324 g/mol. The number of hydrogen-bond acceptors (Lipinski definition) is 4. The van der Waals surface area contributed by atoms with E-state index in [9.17, 15) is 9.59 Å². The largest absolute Gasteiger partial charge is 0.350 e. The smallest absolute Gasteiger partial charge is 0.243 e. The Hall–Kier alpha value is -2.28. The quantitative estimate of drug-likeness (QED) is 0.870. The van der Waals surface area contributed by atoms with Gasteiger partial charge in [-0.25, -0.2) is 0 Å².